The highest BCUT2D eigenvalue weighted by molar-refractivity contribution is 7.80. The van der Waals surface area contributed by atoms with Crippen LogP contribution in [0, 0.1) is 5.41 Å². The van der Waals surface area contributed by atoms with Gasteiger partial charge in [-0.2, -0.15) is 0 Å². The molecule has 0 radical (unpaired) electrons. The van der Waals surface area contributed by atoms with Crippen molar-refractivity contribution in [1.29, 1.82) is 0 Å². The van der Waals surface area contributed by atoms with Crippen molar-refractivity contribution in [2.24, 2.45) is 11.1 Å². The zero-order valence-corrected chi connectivity index (χ0v) is 14.1. The average molecular weight is 313 g/mol. The highest BCUT2D eigenvalue weighted by atomic mass is 32.1. The molecule has 1 saturated carbocycles. The number of thiocarbonyl (C=S) groups is 1. The smallest absolute Gasteiger partial charge is 0.244 e. The number of carbonyl (C=O) groups is 2. The van der Waals surface area contributed by atoms with Gasteiger partial charge in [0.05, 0.1) is 10.4 Å². The van der Waals surface area contributed by atoms with Crippen molar-refractivity contribution in [3.05, 3.63) is 0 Å². The fourth-order valence-corrected chi connectivity index (χ4v) is 3.10. The van der Waals surface area contributed by atoms with Crippen LogP contribution in [0.3, 0.4) is 0 Å². The number of likely N-dealkylation sites (N-methyl/N-ethyl adjacent to an activating group) is 1. The number of hydrogen-bond donors (Lipinski definition) is 2. The van der Waals surface area contributed by atoms with Crippen molar-refractivity contribution in [3.8, 4) is 0 Å². The quantitative estimate of drug-likeness (QED) is 0.597. The molecule has 1 unspecified atom stereocenters. The third-order valence-electron chi connectivity index (χ3n) is 4.43. The Balaban J connectivity index is 2.82. The maximum Gasteiger partial charge on any atom is 0.244 e. The summed E-state index contributed by atoms with van der Waals surface area (Å²) in [5.74, 6) is -0.292. The lowest BCUT2D eigenvalue weighted by molar-refractivity contribution is -0.137. The Morgan fingerprint density at radius 3 is 2.24 bits per heavy atom. The van der Waals surface area contributed by atoms with Gasteiger partial charge in [-0.1, -0.05) is 37.9 Å². The van der Waals surface area contributed by atoms with Crippen LogP contribution in [0.25, 0.3) is 0 Å². The molecule has 0 aromatic rings. The highest BCUT2D eigenvalue weighted by Crippen LogP contribution is 2.35. The van der Waals surface area contributed by atoms with Crippen molar-refractivity contribution in [3.63, 3.8) is 0 Å². The van der Waals surface area contributed by atoms with Crippen LogP contribution in [0.4, 0.5) is 0 Å². The van der Waals surface area contributed by atoms with E-state index in [1.165, 1.54) is 0 Å². The SMILES string of the molecule is CCN(C)C(=O)C(C)NC(=O)C1(C(N)=S)CCCCCC1. The molecule has 0 aliphatic heterocycles. The lowest BCUT2D eigenvalue weighted by atomic mass is 9.79. The van der Waals surface area contributed by atoms with E-state index in [-0.39, 0.29) is 16.8 Å². The van der Waals surface area contributed by atoms with E-state index in [0.717, 1.165) is 25.7 Å². The van der Waals surface area contributed by atoms with Crippen molar-refractivity contribution >= 4 is 29.0 Å². The lowest BCUT2D eigenvalue weighted by Gasteiger charge is -2.32. The molecular weight excluding hydrogens is 286 g/mol. The molecule has 0 bridgehead atoms. The van der Waals surface area contributed by atoms with E-state index in [9.17, 15) is 9.59 Å². The Hall–Kier alpha value is -1.17. The molecule has 1 aliphatic rings. The minimum Gasteiger partial charge on any atom is -0.392 e. The molecule has 1 fully saturated rings. The maximum atomic E-state index is 12.7. The molecule has 0 aromatic carbocycles. The Bertz CT molecular complexity index is 404. The van der Waals surface area contributed by atoms with Gasteiger partial charge in [0.15, 0.2) is 0 Å². The van der Waals surface area contributed by atoms with Crippen LogP contribution in [-0.4, -0.2) is 41.3 Å². The summed E-state index contributed by atoms with van der Waals surface area (Å²) in [5.41, 5.74) is 5.10. The van der Waals surface area contributed by atoms with E-state index in [4.69, 9.17) is 18.0 Å². The second-order valence-electron chi connectivity index (χ2n) is 5.91. The first kappa shape index (κ1) is 17.9. The molecule has 120 valence electrons. The fraction of sp³-hybridized carbons (Fsp3) is 0.800. The van der Waals surface area contributed by atoms with Crippen molar-refractivity contribution in [2.45, 2.75) is 58.4 Å². The Morgan fingerprint density at radius 2 is 1.81 bits per heavy atom. The van der Waals surface area contributed by atoms with Crippen LogP contribution >= 0.6 is 12.2 Å². The average Bonchev–Trinajstić information content (AvgIpc) is 2.72. The molecule has 1 atom stereocenters. The van der Waals surface area contributed by atoms with Crippen LogP contribution in [0.5, 0.6) is 0 Å². The van der Waals surface area contributed by atoms with Gasteiger partial charge < -0.3 is 16.0 Å². The molecule has 1 aliphatic carbocycles. The zero-order valence-electron chi connectivity index (χ0n) is 13.3. The first-order chi connectivity index (χ1) is 9.85. The summed E-state index contributed by atoms with van der Waals surface area (Å²) in [6.07, 6.45) is 5.46. The van der Waals surface area contributed by atoms with Gasteiger partial charge >= 0.3 is 0 Å². The molecule has 2 amide bonds. The summed E-state index contributed by atoms with van der Waals surface area (Å²) in [5, 5.41) is 2.82. The summed E-state index contributed by atoms with van der Waals surface area (Å²) < 4.78 is 0. The van der Waals surface area contributed by atoms with Crippen LogP contribution in [-0.2, 0) is 9.59 Å². The normalized spacial score (nSPS) is 19.2. The molecule has 0 spiro atoms. The fourth-order valence-electron chi connectivity index (χ4n) is 2.80. The minimum atomic E-state index is -0.787. The standard InChI is InChI=1S/C15H27N3O2S/c1-4-18(3)12(19)11(2)17-14(20)15(13(16)21)9-7-5-6-8-10-15/h11H,4-10H2,1-3H3,(H2,16,21)(H,17,20). The van der Waals surface area contributed by atoms with E-state index in [1.54, 1.807) is 18.9 Å². The van der Waals surface area contributed by atoms with Gasteiger partial charge in [0.25, 0.3) is 0 Å². The van der Waals surface area contributed by atoms with E-state index in [1.807, 2.05) is 6.92 Å². The van der Waals surface area contributed by atoms with Crippen molar-refractivity contribution < 1.29 is 9.59 Å². The summed E-state index contributed by atoms with van der Waals surface area (Å²) in [6.45, 7) is 4.21. The van der Waals surface area contributed by atoms with E-state index in [2.05, 4.69) is 5.32 Å². The molecule has 0 heterocycles. The Morgan fingerprint density at radius 1 is 1.29 bits per heavy atom. The second-order valence-corrected chi connectivity index (χ2v) is 6.35. The topological polar surface area (TPSA) is 75.4 Å². The summed E-state index contributed by atoms with van der Waals surface area (Å²) in [4.78, 5) is 26.6. The number of nitrogens with two attached hydrogens (primary N) is 1. The summed E-state index contributed by atoms with van der Waals surface area (Å²) in [6, 6.07) is -0.558. The third-order valence-corrected chi connectivity index (χ3v) is 4.82. The first-order valence-corrected chi connectivity index (χ1v) is 8.12. The third kappa shape index (κ3) is 4.15. The van der Waals surface area contributed by atoms with E-state index < -0.39 is 11.5 Å². The molecule has 21 heavy (non-hydrogen) atoms. The summed E-state index contributed by atoms with van der Waals surface area (Å²) >= 11 is 5.18. The molecule has 0 saturated heterocycles. The van der Waals surface area contributed by atoms with E-state index in [0.29, 0.717) is 19.4 Å². The number of nitrogens with one attached hydrogen (secondary N) is 1. The van der Waals surface area contributed by atoms with Crippen molar-refractivity contribution in [1.82, 2.24) is 10.2 Å². The number of carbonyl (C=O) groups excluding carboxylic acids is 2. The predicted molar refractivity (Wildman–Crippen MR) is 87.8 cm³/mol. The molecule has 3 N–H and O–H groups in total. The number of nitrogens with zero attached hydrogens (tertiary/aromatic N) is 1. The molecule has 0 aromatic heterocycles. The van der Waals surface area contributed by atoms with Gasteiger partial charge in [0, 0.05) is 13.6 Å². The largest absolute Gasteiger partial charge is 0.392 e. The van der Waals surface area contributed by atoms with Crippen LogP contribution in [0.15, 0.2) is 0 Å². The predicted octanol–water partition coefficient (Wildman–Crippen LogP) is 1.60. The maximum absolute atomic E-state index is 12.7. The van der Waals surface area contributed by atoms with Gasteiger partial charge in [-0.3, -0.25) is 9.59 Å². The van der Waals surface area contributed by atoms with E-state index >= 15 is 0 Å². The van der Waals surface area contributed by atoms with Crippen LogP contribution in [0.1, 0.15) is 52.4 Å². The van der Waals surface area contributed by atoms with Crippen molar-refractivity contribution in [2.75, 3.05) is 13.6 Å². The number of amides is 2. The van der Waals surface area contributed by atoms with Gasteiger partial charge in [-0.05, 0) is 26.7 Å². The Kier molecular flexibility index (Phi) is 6.58. The minimum absolute atomic E-state index is 0.0995. The molecule has 5 nitrogen and oxygen atoms in total. The highest BCUT2D eigenvalue weighted by Gasteiger charge is 2.42. The van der Waals surface area contributed by atoms with Crippen LogP contribution in [0.2, 0.25) is 0 Å². The van der Waals surface area contributed by atoms with Gasteiger partial charge in [-0.25, -0.2) is 0 Å². The van der Waals surface area contributed by atoms with Gasteiger partial charge in [0.1, 0.15) is 6.04 Å². The Labute approximate surface area is 132 Å². The van der Waals surface area contributed by atoms with Gasteiger partial charge in [-0.15, -0.1) is 0 Å². The number of hydrogen-bond acceptors (Lipinski definition) is 3. The van der Waals surface area contributed by atoms with Gasteiger partial charge in [0.2, 0.25) is 11.8 Å². The second kappa shape index (κ2) is 7.73. The number of rotatable bonds is 5. The summed E-state index contributed by atoms with van der Waals surface area (Å²) in [7, 11) is 1.72. The zero-order chi connectivity index (χ0) is 16.0. The molecule has 1 rings (SSSR count). The lowest BCUT2D eigenvalue weighted by Crippen LogP contribution is -2.54. The monoisotopic (exact) mass is 313 g/mol. The molecule has 6 heteroatoms. The first-order valence-electron chi connectivity index (χ1n) is 7.71. The molecular formula is C15H27N3O2S. The van der Waals surface area contributed by atoms with Crippen LogP contribution < -0.4 is 11.1 Å².